The second kappa shape index (κ2) is 5.10. The molecule has 1 heterocycles. The topological polar surface area (TPSA) is 12.9 Å². The van der Waals surface area contributed by atoms with Crippen molar-refractivity contribution in [3.8, 4) is 0 Å². The average Bonchev–Trinajstić information content (AvgIpc) is 2.58. The van der Waals surface area contributed by atoms with Crippen LogP contribution in [0.15, 0.2) is 54.6 Å². The van der Waals surface area contributed by atoms with Crippen LogP contribution in [0.3, 0.4) is 0 Å². The molecule has 0 aliphatic heterocycles. The van der Waals surface area contributed by atoms with Crippen LogP contribution in [0.5, 0.6) is 0 Å². The number of aromatic nitrogens is 1. The summed E-state index contributed by atoms with van der Waals surface area (Å²) in [6.45, 7) is 4.42. The number of hydrogen-bond acceptors (Lipinski definition) is 1. The standard InChI is InChI=1S/C21H19N/c1-3-14-11-15(4-2)20-18(12-14)13-17-10-9-16-7-5-6-8-19(16)21(17)22-20/h5-13H,3-4H2,1-2H3. The van der Waals surface area contributed by atoms with Gasteiger partial charge in [0.2, 0.25) is 0 Å². The highest BCUT2D eigenvalue weighted by Gasteiger charge is 2.08. The highest BCUT2D eigenvalue weighted by Crippen LogP contribution is 2.29. The van der Waals surface area contributed by atoms with Crippen LogP contribution in [0.1, 0.15) is 25.0 Å². The summed E-state index contributed by atoms with van der Waals surface area (Å²) in [6.07, 6.45) is 2.09. The number of nitrogens with zero attached hydrogens (tertiary/aromatic N) is 1. The van der Waals surface area contributed by atoms with Gasteiger partial charge in [0, 0.05) is 16.2 Å². The smallest absolute Gasteiger partial charge is 0.0788 e. The van der Waals surface area contributed by atoms with Crippen molar-refractivity contribution in [2.45, 2.75) is 26.7 Å². The van der Waals surface area contributed by atoms with Crippen LogP contribution in [0.2, 0.25) is 0 Å². The molecule has 0 saturated carbocycles. The van der Waals surface area contributed by atoms with E-state index in [1.165, 1.54) is 32.7 Å². The van der Waals surface area contributed by atoms with Gasteiger partial charge >= 0.3 is 0 Å². The molecule has 0 aliphatic rings. The number of fused-ring (bicyclic) bond motifs is 4. The maximum Gasteiger partial charge on any atom is 0.0788 e. The number of benzene rings is 3. The van der Waals surface area contributed by atoms with Gasteiger partial charge in [-0.1, -0.05) is 56.3 Å². The third kappa shape index (κ3) is 1.97. The lowest BCUT2D eigenvalue weighted by Crippen LogP contribution is -1.93. The fourth-order valence-electron chi connectivity index (χ4n) is 3.30. The van der Waals surface area contributed by atoms with Crippen molar-refractivity contribution in [1.29, 1.82) is 0 Å². The number of aryl methyl sites for hydroxylation is 2. The molecule has 0 bridgehead atoms. The first-order chi connectivity index (χ1) is 10.8. The molecule has 1 heteroatoms. The Morgan fingerprint density at radius 1 is 0.727 bits per heavy atom. The number of rotatable bonds is 2. The van der Waals surface area contributed by atoms with Gasteiger partial charge in [0.15, 0.2) is 0 Å². The minimum absolute atomic E-state index is 1.02. The molecular weight excluding hydrogens is 266 g/mol. The van der Waals surface area contributed by atoms with Gasteiger partial charge in [-0.25, -0.2) is 4.98 Å². The summed E-state index contributed by atoms with van der Waals surface area (Å²) in [6, 6.07) is 19.8. The van der Waals surface area contributed by atoms with Crippen molar-refractivity contribution in [3.63, 3.8) is 0 Å². The van der Waals surface area contributed by atoms with Crippen LogP contribution in [0.4, 0.5) is 0 Å². The molecule has 22 heavy (non-hydrogen) atoms. The molecule has 1 aromatic heterocycles. The van der Waals surface area contributed by atoms with Gasteiger partial charge < -0.3 is 0 Å². The van der Waals surface area contributed by atoms with Gasteiger partial charge in [0.25, 0.3) is 0 Å². The molecule has 3 aromatic carbocycles. The van der Waals surface area contributed by atoms with Gasteiger partial charge in [0.1, 0.15) is 0 Å². The van der Waals surface area contributed by atoms with Crippen LogP contribution >= 0.6 is 0 Å². The molecular formula is C21H19N. The van der Waals surface area contributed by atoms with Crippen molar-refractivity contribution in [2.75, 3.05) is 0 Å². The van der Waals surface area contributed by atoms with Crippen LogP contribution in [0, 0.1) is 0 Å². The van der Waals surface area contributed by atoms with E-state index >= 15 is 0 Å². The minimum atomic E-state index is 1.02. The van der Waals surface area contributed by atoms with E-state index in [0.717, 1.165) is 23.9 Å². The summed E-state index contributed by atoms with van der Waals surface area (Å²) in [5.41, 5.74) is 5.02. The van der Waals surface area contributed by atoms with Gasteiger partial charge in [-0.05, 0) is 41.5 Å². The predicted molar refractivity (Wildman–Crippen MR) is 95.5 cm³/mol. The summed E-state index contributed by atoms with van der Waals surface area (Å²) >= 11 is 0. The van der Waals surface area contributed by atoms with Crippen molar-refractivity contribution in [3.05, 3.63) is 65.7 Å². The summed E-state index contributed by atoms with van der Waals surface area (Å²) in [5.74, 6) is 0. The maximum absolute atomic E-state index is 5.05. The highest BCUT2D eigenvalue weighted by molar-refractivity contribution is 6.08. The van der Waals surface area contributed by atoms with Gasteiger partial charge in [-0.15, -0.1) is 0 Å². The van der Waals surface area contributed by atoms with E-state index in [2.05, 4.69) is 68.4 Å². The summed E-state index contributed by atoms with van der Waals surface area (Å²) < 4.78 is 0. The van der Waals surface area contributed by atoms with Crippen LogP contribution in [0.25, 0.3) is 32.6 Å². The molecule has 0 radical (unpaired) electrons. The van der Waals surface area contributed by atoms with E-state index in [0.29, 0.717) is 0 Å². The minimum Gasteiger partial charge on any atom is -0.247 e. The second-order valence-corrected chi connectivity index (χ2v) is 5.88. The molecule has 4 aromatic rings. The van der Waals surface area contributed by atoms with Crippen molar-refractivity contribution >= 4 is 32.6 Å². The molecule has 0 aliphatic carbocycles. The molecule has 0 spiro atoms. The van der Waals surface area contributed by atoms with Crippen LogP contribution in [-0.2, 0) is 12.8 Å². The van der Waals surface area contributed by atoms with Gasteiger partial charge in [-0.3, -0.25) is 0 Å². The first-order valence-electron chi connectivity index (χ1n) is 8.04. The summed E-state index contributed by atoms with van der Waals surface area (Å²) in [4.78, 5) is 5.05. The van der Waals surface area contributed by atoms with E-state index in [9.17, 15) is 0 Å². The molecule has 1 nitrogen and oxygen atoms in total. The Bertz CT molecular complexity index is 999. The van der Waals surface area contributed by atoms with Crippen LogP contribution in [-0.4, -0.2) is 4.98 Å². The lowest BCUT2D eigenvalue weighted by atomic mass is 9.99. The number of pyridine rings is 1. The predicted octanol–water partition coefficient (Wildman–Crippen LogP) is 5.67. The zero-order chi connectivity index (χ0) is 15.1. The van der Waals surface area contributed by atoms with Gasteiger partial charge in [-0.2, -0.15) is 0 Å². The molecule has 0 fully saturated rings. The largest absolute Gasteiger partial charge is 0.247 e. The first kappa shape index (κ1) is 13.3. The Hall–Kier alpha value is -2.41. The molecule has 0 N–H and O–H groups in total. The average molecular weight is 285 g/mol. The zero-order valence-electron chi connectivity index (χ0n) is 13.1. The maximum atomic E-state index is 5.05. The molecule has 4 rings (SSSR count). The summed E-state index contributed by atoms with van der Waals surface area (Å²) in [7, 11) is 0. The summed E-state index contributed by atoms with van der Waals surface area (Å²) in [5, 5.41) is 4.98. The normalized spacial score (nSPS) is 11.5. The van der Waals surface area contributed by atoms with Crippen LogP contribution < -0.4 is 0 Å². The van der Waals surface area contributed by atoms with E-state index in [1.54, 1.807) is 0 Å². The van der Waals surface area contributed by atoms with E-state index < -0.39 is 0 Å². The van der Waals surface area contributed by atoms with Crippen molar-refractivity contribution in [2.24, 2.45) is 0 Å². The van der Waals surface area contributed by atoms with E-state index in [1.807, 2.05) is 0 Å². The van der Waals surface area contributed by atoms with E-state index in [4.69, 9.17) is 4.98 Å². The molecule has 0 saturated heterocycles. The monoisotopic (exact) mass is 285 g/mol. The Morgan fingerprint density at radius 3 is 2.36 bits per heavy atom. The second-order valence-electron chi connectivity index (χ2n) is 5.88. The fourth-order valence-corrected chi connectivity index (χ4v) is 3.30. The number of hydrogen-bond donors (Lipinski definition) is 0. The Balaban J connectivity index is 2.17. The molecule has 0 atom stereocenters. The quantitative estimate of drug-likeness (QED) is 0.342. The highest BCUT2D eigenvalue weighted by atomic mass is 14.7. The Labute approximate surface area is 130 Å². The molecule has 0 amide bonds. The van der Waals surface area contributed by atoms with Crippen molar-refractivity contribution < 1.29 is 0 Å². The van der Waals surface area contributed by atoms with Gasteiger partial charge in [0.05, 0.1) is 11.0 Å². The zero-order valence-corrected chi connectivity index (χ0v) is 13.1. The third-order valence-corrected chi connectivity index (χ3v) is 4.53. The lowest BCUT2D eigenvalue weighted by Gasteiger charge is -2.10. The molecule has 108 valence electrons. The van der Waals surface area contributed by atoms with E-state index in [-0.39, 0.29) is 0 Å². The first-order valence-corrected chi connectivity index (χ1v) is 8.04. The van der Waals surface area contributed by atoms with Crippen molar-refractivity contribution in [1.82, 2.24) is 4.98 Å². The Kier molecular flexibility index (Phi) is 3.07. The third-order valence-electron chi connectivity index (χ3n) is 4.53. The SMILES string of the molecule is CCc1cc(CC)c2nc3c(ccc4ccccc43)cc2c1. The molecule has 0 unspecified atom stereocenters. The fraction of sp³-hybridized carbons (Fsp3) is 0.190. The Morgan fingerprint density at radius 2 is 1.55 bits per heavy atom. The lowest BCUT2D eigenvalue weighted by molar-refractivity contribution is 1.10.